The number of rotatable bonds is 10. The lowest BCUT2D eigenvalue weighted by atomic mass is 10.2. The Balaban J connectivity index is 1.79. The Bertz CT molecular complexity index is 1020. The summed E-state index contributed by atoms with van der Waals surface area (Å²) in [5, 5.41) is 9.39. The number of allylic oxidation sites excluding steroid dienone is 1. The van der Waals surface area contributed by atoms with Crippen molar-refractivity contribution in [1.82, 2.24) is 19.3 Å². The van der Waals surface area contributed by atoms with Crippen molar-refractivity contribution < 1.29 is 9.53 Å². The molecule has 0 unspecified atom stereocenters. The van der Waals surface area contributed by atoms with Gasteiger partial charge in [0.1, 0.15) is 0 Å². The molecular formula is C23H28N4O2S. The van der Waals surface area contributed by atoms with E-state index in [-0.39, 0.29) is 11.8 Å². The minimum absolute atomic E-state index is 0.0818. The molecule has 0 bridgehead atoms. The van der Waals surface area contributed by atoms with Gasteiger partial charge in [0.05, 0.1) is 18.4 Å². The molecule has 1 atom stereocenters. The van der Waals surface area contributed by atoms with Crippen LogP contribution in [-0.4, -0.2) is 44.6 Å². The van der Waals surface area contributed by atoms with Gasteiger partial charge in [0, 0.05) is 36.2 Å². The summed E-state index contributed by atoms with van der Waals surface area (Å²) in [5.74, 6) is 1.16. The minimum Gasteiger partial charge on any atom is -0.383 e. The molecule has 0 radical (unpaired) electrons. The summed E-state index contributed by atoms with van der Waals surface area (Å²) >= 11 is 1.41. The van der Waals surface area contributed by atoms with Gasteiger partial charge in [-0.05, 0) is 26.8 Å². The third-order valence-electron chi connectivity index (χ3n) is 5.03. The molecule has 2 heterocycles. The van der Waals surface area contributed by atoms with Gasteiger partial charge in [0.15, 0.2) is 16.8 Å². The molecule has 2 aromatic heterocycles. The van der Waals surface area contributed by atoms with Crippen LogP contribution in [0.1, 0.15) is 34.7 Å². The summed E-state index contributed by atoms with van der Waals surface area (Å²) in [6.45, 7) is 11.1. The number of aryl methyl sites for hydroxylation is 1. The molecule has 0 aliphatic carbocycles. The van der Waals surface area contributed by atoms with Crippen molar-refractivity contribution in [2.75, 3.05) is 19.5 Å². The predicted molar refractivity (Wildman–Crippen MR) is 121 cm³/mol. The molecule has 0 aliphatic rings. The Kier molecular flexibility index (Phi) is 7.29. The van der Waals surface area contributed by atoms with E-state index in [1.54, 1.807) is 7.11 Å². The van der Waals surface area contributed by atoms with Gasteiger partial charge in [-0.2, -0.15) is 0 Å². The molecule has 6 nitrogen and oxygen atoms in total. The van der Waals surface area contributed by atoms with Gasteiger partial charge in [0.2, 0.25) is 0 Å². The Labute approximate surface area is 182 Å². The molecule has 1 aromatic carbocycles. The normalized spacial score (nSPS) is 12.1. The summed E-state index contributed by atoms with van der Waals surface area (Å²) in [6.07, 6.45) is 1.81. The van der Waals surface area contributed by atoms with Crippen LogP contribution in [0.2, 0.25) is 0 Å². The van der Waals surface area contributed by atoms with Crippen LogP contribution in [0, 0.1) is 13.8 Å². The second-order valence-corrected chi connectivity index (χ2v) is 8.19. The van der Waals surface area contributed by atoms with E-state index in [1.807, 2.05) is 60.9 Å². The van der Waals surface area contributed by atoms with Crippen molar-refractivity contribution in [1.29, 1.82) is 0 Å². The fourth-order valence-electron chi connectivity index (χ4n) is 3.75. The number of methoxy groups -OCH3 is 1. The maximum absolute atomic E-state index is 13.0. The second-order valence-electron chi connectivity index (χ2n) is 7.24. The van der Waals surface area contributed by atoms with E-state index in [2.05, 4.69) is 28.3 Å². The topological polar surface area (TPSA) is 61.9 Å². The third kappa shape index (κ3) is 4.57. The summed E-state index contributed by atoms with van der Waals surface area (Å²) in [6, 6.07) is 12.0. The Morgan fingerprint density at radius 3 is 2.67 bits per heavy atom. The molecule has 158 valence electrons. The van der Waals surface area contributed by atoms with E-state index in [0.29, 0.717) is 24.1 Å². The third-order valence-corrected chi connectivity index (χ3v) is 5.99. The number of benzene rings is 1. The summed E-state index contributed by atoms with van der Waals surface area (Å²) in [7, 11) is 1.69. The van der Waals surface area contributed by atoms with Crippen molar-refractivity contribution >= 4 is 17.5 Å². The lowest BCUT2D eigenvalue weighted by molar-refractivity contribution is 0.102. The smallest absolute Gasteiger partial charge is 0.192 e. The number of aromatic nitrogens is 4. The van der Waals surface area contributed by atoms with Gasteiger partial charge in [-0.3, -0.25) is 9.36 Å². The SMILES string of the molecule is C=CCn1c(SCC(=O)c2cc(C)n([C@H](C)COC)c2C)nnc1-c1ccccc1. The number of Topliss-reactive ketones (excluding diaryl/α,β-unsaturated/α-hetero) is 1. The highest BCUT2D eigenvalue weighted by atomic mass is 32.2. The molecule has 0 spiro atoms. The van der Waals surface area contributed by atoms with Crippen molar-refractivity contribution in [3.63, 3.8) is 0 Å². The number of carbonyl (C=O) groups excluding carboxylic acids is 1. The van der Waals surface area contributed by atoms with Crippen LogP contribution in [0.25, 0.3) is 11.4 Å². The van der Waals surface area contributed by atoms with Crippen molar-refractivity contribution in [2.24, 2.45) is 0 Å². The van der Waals surface area contributed by atoms with Crippen molar-refractivity contribution in [3.05, 3.63) is 66.0 Å². The first-order valence-corrected chi connectivity index (χ1v) is 10.9. The molecule has 0 aliphatic heterocycles. The lowest BCUT2D eigenvalue weighted by Crippen LogP contribution is -2.15. The van der Waals surface area contributed by atoms with Gasteiger partial charge >= 0.3 is 0 Å². The number of hydrogen-bond acceptors (Lipinski definition) is 5. The fraction of sp³-hybridized carbons (Fsp3) is 0.348. The van der Waals surface area contributed by atoms with E-state index in [1.165, 1.54) is 11.8 Å². The van der Waals surface area contributed by atoms with Gasteiger partial charge in [-0.25, -0.2) is 0 Å². The van der Waals surface area contributed by atoms with Crippen molar-refractivity contribution in [3.8, 4) is 11.4 Å². The van der Waals surface area contributed by atoms with E-state index < -0.39 is 0 Å². The van der Waals surface area contributed by atoms with Crippen LogP contribution in [0.4, 0.5) is 0 Å². The molecule has 0 saturated carbocycles. The molecule has 30 heavy (non-hydrogen) atoms. The monoisotopic (exact) mass is 424 g/mol. The molecule has 0 amide bonds. The Morgan fingerprint density at radius 2 is 2.00 bits per heavy atom. The van der Waals surface area contributed by atoms with Crippen LogP contribution in [0.15, 0.2) is 54.2 Å². The average Bonchev–Trinajstić information content (AvgIpc) is 3.27. The molecular weight excluding hydrogens is 396 g/mol. The Morgan fingerprint density at radius 1 is 1.27 bits per heavy atom. The standard InChI is InChI=1S/C23H28N4O2S/c1-6-12-26-22(19-10-8-7-9-11-19)24-25-23(26)30-15-21(28)20-13-16(2)27(18(20)4)17(3)14-29-5/h6-11,13,17H,1,12,14-15H2,2-5H3/t17-/m1/s1. The fourth-order valence-corrected chi connectivity index (χ4v) is 4.58. The lowest BCUT2D eigenvalue weighted by Gasteiger charge is -2.17. The largest absolute Gasteiger partial charge is 0.383 e. The first-order valence-electron chi connectivity index (χ1n) is 9.90. The van der Waals surface area contributed by atoms with Crippen LogP contribution in [-0.2, 0) is 11.3 Å². The molecule has 0 fully saturated rings. The molecule has 3 rings (SSSR count). The zero-order valence-electron chi connectivity index (χ0n) is 18.0. The van der Waals surface area contributed by atoms with Crippen LogP contribution >= 0.6 is 11.8 Å². The Hall–Kier alpha value is -2.64. The summed E-state index contributed by atoms with van der Waals surface area (Å²) < 4.78 is 9.43. The number of thioether (sulfide) groups is 1. The van der Waals surface area contributed by atoms with E-state index in [4.69, 9.17) is 4.74 Å². The van der Waals surface area contributed by atoms with Gasteiger partial charge in [-0.15, -0.1) is 16.8 Å². The summed E-state index contributed by atoms with van der Waals surface area (Å²) in [5.41, 5.74) is 3.77. The van der Waals surface area contributed by atoms with Crippen LogP contribution in [0.3, 0.4) is 0 Å². The van der Waals surface area contributed by atoms with Gasteiger partial charge in [0.25, 0.3) is 0 Å². The maximum atomic E-state index is 13.0. The first-order chi connectivity index (χ1) is 14.5. The molecule has 0 saturated heterocycles. The molecule has 7 heteroatoms. The number of nitrogens with zero attached hydrogens (tertiary/aromatic N) is 4. The maximum Gasteiger partial charge on any atom is 0.192 e. The van der Waals surface area contributed by atoms with E-state index in [0.717, 1.165) is 28.3 Å². The highest BCUT2D eigenvalue weighted by Gasteiger charge is 2.20. The van der Waals surface area contributed by atoms with Crippen LogP contribution in [0.5, 0.6) is 0 Å². The van der Waals surface area contributed by atoms with E-state index >= 15 is 0 Å². The summed E-state index contributed by atoms with van der Waals surface area (Å²) in [4.78, 5) is 13.0. The average molecular weight is 425 g/mol. The first kappa shape index (κ1) is 22.1. The zero-order chi connectivity index (χ0) is 21.7. The highest BCUT2D eigenvalue weighted by Crippen LogP contribution is 2.26. The molecule has 3 aromatic rings. The van der Waals surface area contributed by atoms with Crippen LogP contribution < -0.4 is 0 Å². The quantitative estimate of drug-likeness (QED) is 0.267. The van der Waals surface area contributed by atoms with Gasteiger partial charge < -0.3 is 9.30 Å². The second kappa shape index (κ2) is 9.91. The number of carbonyl (C=O) groups is 1. The van der Waals surface area contributed by atoms with Crippen molar-refractivity contribution in [2.45, 2.75) is 38.5 Å². The number of ketones is 1. The van der Waals surface area contributed by atoms with E-state index in [9.17, 15) is 4.79 Å². The highest BCUT2D eigenvalue weighted by molar-refractivity contribution is 7.99. The van der Waals surface area contributed by atoms with Gasteiger partial charge in [-0.1, -0.05) is 48.2 Å². The predicted octanol–water partition coefficient (Wildman–Crippen LogP) is 4.73. The number of ether oxygens (including phenoxy) is 1. The number of hydrogen-bond donors (Lipinski definition) is 0. The minimum atomic E-state index is 0.0818. The zero-order valence-corrected chi connectivity index (χ0v) is 18.8. The molecule has 0 N–H and O–H groups in total.